The van der Waals surface area contributed by atoms with Gasteiger partial charge in [-0.15, -0.1) is 0 Å². The first-order valence-corrected chi connectivity index (χ1v) is 8.37. The maximum Gasteiger partial charge on any atom is 0.305 e. The monoisotopic (exact) mass is 369 g/mol. The third kappa shape index (κ3) is 3.92. The Hall–Kier alpha value is -1.53. The van der Waals surface area contributed by atoms with E-state index in [2.05, 4.69) is 4.90 Å². The lowest BCUT2D eigenvalue weighted by atomic mass is 10.1. The van der Waals surface area contributed by atoms with Crippen molar-refractivity contribution in [2.75, 3.05) is 19.8 Å². The third-order valence-corrected chi connectivity index (χ3v) is 4.82. The van der Waals surface area contributed by atoms with Crippen molar-refractivity contribution in [3.8, 4) is 11.3 Å². The molecule has 2 aromatic rings. The van der Waals surface area contributed by atoms with E-state index in [-0.39, 0.29) is 12.5 Å². The van der Waals surface area contributed by atoms with E-state index < -0.39 is 5.97 Å². The molecule has 0 saturated carbocycles. The second kappa shape index (κ2) is 7.57. The van der Waals surface area contributed by atoms with Gasteiger partial charge >= 0.3 is 5.97 Å². The van der Waals surface area contributed by atoms with Crippen molar-refractivity contribution < 1.29 is 19.1 Å². The number of nitrogens with zero attached hydrogens (tertiary/aromatic N) is 1. The highest BCUT2D eigenvalue weighted by Gasteiger charge is 2.26. The summed E-state index contributed by atoms with van der Waals surface area (Å²) in [4.78, 5) is 13.1. The van der Waals surface area contributed by atoms with Crippen molar-refractivity contribution >= 4 is 29.2 Å². The number of halogens is 2. The molecule has 128 valence electrons. The largest absolute Gasteiger partial charge is 0.481 e. The van der Waals surface area contributed by atoms with Crippen molar-refractivity contribution in [3.63, 3.8) is 0 Å². The maximum absolute atomic E-state index is 11.0. The molecule has 24 heavy (non-hydrogen) atoms. The number of benzene rings is 1. The van der Waals surface area contributed by atoms with E-state index in [1.165, 1.54) is 0 Å². The molecule has 1 aromatic heterocycles. The van der Waals surface area contributed by atoms with E-state index in [1.54, 1.807) is 6.07 Å². The normalized spacial score (nSPS) is 18.7. The van der Waals surface area contributed by atoms with Crippen LogP contribution in [0.2, 0.25) is 10.0 Å². The molecule has 1 N–H and O–H groups in total. The van der Waals surface area contributed by atoms with Gasteiger partial charge in [-0.3, -0.25) is 9.69 Å². The number of hydrogen-bond donors (Lipinski definition) is 1. The summed E-state index contributed by atoms with van der Waals surface area (Å²) in [6, 6.07) is 8.95. The summed E-state index contributed by atoms with van der Waals surface area (Å²) in [6.07, 6.45) is 0.0493. The molecule has 0 unspecified atom stereocenters. The highest BCUT2D eigenvalue weighted by molar-refractivity contribution is 6.43. The molecule has 1 aliphatic rings. The molecule has 0 radical (unpaired) electrons. The van der Waals surface area contributed by atoms with E-state index in [1.807, 2.05) is 24.3 Å². The minimum absolute atomic E-state index is 0.0493. The van der Waals surface area contributed by atoms with Gasteiger partial charge in [0.1, 0.15) is 11.5 Å². The topological polar surface area (TPSA) is 62.9 Å². The lowest BCUT2D eigenvalue weighted by Crippen LogP contribution is -2.45. The van der Waals surface area contributed by atoms with Gasteiger partial charge in [0, 0.05) is 18.2 Å². The Morgan fingerprint density at radius 1 is 1.29 bits per heavy atom. The van der Waals surface area contributed by atoms with E-state index in [0.29, 0.717) is 42.1 Å². The average molecular weight is 370 g/mol. The van der Waals surface area contributed by atoms with Crippen LogP contribution in [0.1, 0.15) is 12.2 Å². The quantitative estimate of drug-likeness (QED) is 0.864. The number of morpholine rings is 1. The van der Waals surface area contributed by atoms with Crippen LogP contribution < -0.4 is 0 Å². The minimum Gasteiger partial charge on any atom is -0.481 e. The van der Waals surface area contributed by atoms with Gasteiger partial charge in [0.2, 0.25) is 0 Å². The third-order valence-electron chi connectivity index (χ3n) is 4.00. The number of carboxylic acid groups (broad SMARTS) is 1. The van der Waals surface area contributed by atoms with Crippen molar-refractivity contribution in [2.24, 2.45) is 0 Å². The van der Waals surface area contributed by atoms with Crippen LogP contribution in [0.5, 0.6) is 0 Å². The number of ether oxygens (including phenoxy) is 1. The molecule has 1 saturated heterocycles. The van der Waals surface area contributed by atoms with Crippen LogP contribution in [-0.4, -0.2) is 41.8 Å². The van der Waals surface area contributed by atoms with Crippen LogP contribution in [0, 0.1) is 0 Å². The fourth-order valence-electron chi connectivity index (χ4n) is 2.79. The Bertz CT molecular complexity index is 731. The number of aliphatic carboxylic acids is 1. The number of furan rings is 1. The second-order valence-electron chi connectivity index (χ2n) is 5.66. The number of rotatable bonds is 5. The SMILES string of the molecule is O=C(O)C[C@H]1COCCN1Cc1ccc(-c2cccc(Cl)c2Cl)o1. The zero-order valence-electron chi connectivity index (χ0n) is 12.9. The van der Waals surface area contributed by atoms with Gasteiger partial charge in [0.25, 0.3) is 0 Å². The van der Waals surface area contributed by atoms with Crippen molar-refractivity contribution in [1.82, 2.24) is 4.90 Å². The smallest absolute Gasteiger partial charge is 0.305 e. The van der Waals surface area contributed by atoms with E-state index in [4.69, 9.17) is 37.5 Å². The first-order valence-electron chi connectivity index (χ1n) is 7.61. The van der Waals surface area contributed by atoms with Crippen LogP contribution in [0.15, 0.2) is 34.7 Å². The molecule has 1 fully saturated rings. The molecular formula is C17H17Cl2NO4. The van der Waals surface area contributed by atoms with Gasteiger partial charge in [-0.25, -0.2) is 0 Å². The summed E-state index contributed by atoms with van der Waals surface area (Å²) < 4.78 is 11.3. The van der Waals surface area contributed by atoms with Crippen LogP contribution in [0.3, 0.4) is 0 Å². The van der Waals surface area contributed by atoms with Gasteiger partial charge in [-0.1, -0.05) is 29.3 Å². The number of hydrogen-bond acceptors (Lipinski definition) is 4. The molecule has 5 nitrogen and oxygen atoms in total. The Morgan fingerprint density at radius 2 is 2.12 bits per heavy atom. The van der Waals surface area contributed by atoms with Crippen LogP contribution in [-0.2, 0) is 16.1 Å². The summed E-state index contributed by atoms with van der Waals surface area (Å²) in [6.45, 7) is 2.20. The Balaban J connectivity index is 1.75. The van der Waals surface area contributed by atoms with Crippen LogP contribution in [0.4, 0.5) is 0 Å². The molecular weight excluding hydrogens is 353 g/mol. The zero-order valence-corrected chi connectivity index (χ0v) is 14.4. The lowest BCUT2D eigenvalue weighted by molar-refractivity contribution is -0.140. The molecule has 1 atom stereocenters. The summed E-state index contributed by atoms with van der Waals surface area (Å²) in [5.41, 5.74) is 0.736. The number of carbonyl (C=O) groups is 1. The molecule has 1 aromatic carbocycles. The summed E-state index contributed by atoms with van der Waals surface area (Å²) >= 11 is 12.3. The summed E-state index contributed by atoms with van der Waals surface area (Å²) in [5.74, 6) is 0.556. The highest BCUT2D eigenvalue weighted by atomic mass is 35.5. The van der Waals surface area contributed by atoms with E-state index in [0.717, 1.165) is 11.3 Å². The van der Waals surface area contributed by atoms with Gasteiger partial charge < -0.3 is 14.3 Å². The molecule has 2 heterocycles. The minimum atomic E-state index is -0.832. The predicted molar refractivity (Wildman–Crippen MR) is 91.4 cm³/mol. The summed E-state index contributed by atoms with van der Waals surface area (Å²) in [7, 11) is 0. The Kier molecular flexibility index (Phi) is 5.46. The van der Waals surface area contributed by atoms with Crippen molar-refractivity contribution in [2.45, 2.75) is 19.0 Å². The lowest BCUT2D eigenvalue weighted by Gasteiger charge is -2.34. The van der Waals surface area contributed by atoms with Gasteiger partial charge in [-0.2, -0.15) is 0 Å². The summed E-state index contributed by atoms with van der Waals surface area (Å²) in [5, 5.41) is 9.95. The van der Waals surface area contributed by atoms with E-state index >= 15 is 0 Å². The molecule has 0 amide bonds. The van der Waals surface area contributed by atoms with Crippen LogP contribution >= 0.6 is 23.2 Å². The molecule has 7 heteroatoms. The fraction of sp³-hybridized carbons (Fsp3) is 0.353. The van der Waals surface area contributed by atoms with Gasteiger partial charge in [0.15, 0.2) is 0 Å². The highest BCUT2D eigenvalue weighted by Crippen LogP contribution is 2.34. The first kappa shape index (κ1) is 17.3. The zero-order chi connectivity index (χ0) is 17.1. The van der Waals surface area contributed by atoms with Gasteiger partial charge in [-0.05, 0) is 24.3 Å². The second-order valence-corrected chi connectivity index (χ2v) is 6.45. The predicted octanol–water partition coefficient (Wildman–Crippen LogP) is 3.93. The standard InChI is InChI=1S/C17H17Cl2NO4/c18-14-3-1-2-13(17(14)19)15-5-4-12(24-15)9-20-6-7-23-10-11(20)8-16(21)22/h1-5,11H,6-10H2,(H,21,22)/t11-/m0/s1. The fourth-order valence-corrected chi connectivity index (χ4v) is 3.18. The Labute approximate surface area is 149 Å². The maximum atomic E-state index is 11.0. The van der Waals surface area contributed by atoms with Gasteiger partial charge in [0.05, 0.1) is 36.2 Å². The number of carboxylic acids is 1. The van der Waals surface area contributed by atoms with Crippen molar-refractivity contribution in [1.29, 1.82) is 0 Å². The van der Waals surface area contributed by atoms with E-state index in [9.17, 15) is 4.79 Å². The van der Waals surface area contributed by atoms with Crippen molar-refractivity contribution in [3.05, 3.63) is 46.1 Å². The molecule has 3 rings (SSSR count). The molecule has 0 bridgehead atoms. The molecule has 0 aliphatic carbocycles. The Morgan fingerprint density at radius 3 is 2.92 bits per heavy atom. The molecule has 0 spiro atoms. The average Bonchev–Trinajstić information content (AvgIpc) is 3.00. The first-order chi connectivity index (χ1) is 11.5. The van der Waals surface area contributed by atoms with Crippen LogP contribution in [0.25, 0.3) is 11.3 Å². The molecule has 1 aliphatic heterocycles.